The summed E-state index contributed by atoms with van der Waals surface area (Å²) in [5.74, 6) is 0.474. The van der Waals surface area contributed by atoms with E-state index < -0.39 is 0 Å². The number of carbonyl (C=O) groups is 1. The Morgan fingerprint density at radius 2 is 2.08 bits per heavy atom. The van der Waals surface area contributed by atoms with Crippen LogP contribution in [0.2, 0.25) is 0 Å². The van der Waals surface area contributed by atoms with Gasteiger partial charge < -0.3 is 10.1 Å². The van der Waals surface area contributed by atoms with Crippen LogP contribution in [-0.4, -0.2) is 27.3 Å². The highest BCUT2D eigenvalue weighted by atomic mass is 79.9. The molecule has 1 atom stereocenters. The third-order valence-corrected chi connectivity index (χ3v) is 4.11. The van der Waals surface area contributed by atoms with Gasteiger partial charge in [-0.3, -0.25) is 4.79 Å². The second-order valence-electron chi connectivity index (χ2n) is 5.47. The van der Waals surface area contributed by atoms with E-state index in [1.807, 2.05) is 55.5 Å². The number of rotatable bonds is 6. The SMILES string of the molecule is C[C@H](NC(=O)COc1cccc(Br)c1)c1ccc(-n2cncn2)cc1. The maximum atomic E-state index is 12.1. The van der Waals surface area contributed by atoms with Gasteiger partial charge in [0.2, 0.25) is 0 Å². The van der Waals surface area contributed by atoms with E-state index in [0.29, 0.717) is 5.75 Å². The lowest BCUT2D eigenvalue weighted by Gasteiger charge is -2.15. The lowest BCUT2D eigenvalue weighted by atomic mass is 10.1. The fourth-order valence-electron chi connectivity index (χ4n) is 2.33. The van der Waals surface area contributed by atoms with Gasteiger partial charge in [0.15, 0.2) is 6.61 Å². The van der Waals surface area contributed by atoms with Crippen molar-refractivity contribution in [2.45, 2.75) is 13.0 Å². The maximum Gasteiger partial charge on any atom is 0.258 e. The molecule has 1 amide bonds. The van der Waals surface area contributed by atoms with Crippen molar-refractivity contribution >= 4 is 21.8 Å². The minimum absolute atomic E-state index is 0.0299. The molecule has 0 saturated heterocycles. The Morgan fingerprint density at radius 1 is 1.28 bits per heavy atom. The first-order chi connectivity index (χ1) is 12.1. The minimum Gasteiger partial charge on any atom is -0.484 e. The smallest absolute Gasteiger partial charge is 0.258 e. The summed E-state index contributed by atoms with van der Waals surface area (Å²) in [6.07, 6.45) is 3.13. The molecular weight excluding hydrogens is 384 g/mol. The van der Waals surface area contributed by atoms with Gasteiger partial charge in [-0.05, 0) is 42.8 Å². The summed E-state index contributed by atoms with van der Waals surface area (Å²) in [5.41, 5.74) is 1.91. The van der Waals surface area contributed by atoms with Gasteiger partial charge in [-0.2, -0.15) is 5.10 Å². The van der Waals surface area contributed by atoms with Crippen molar-refractivity contribution in [2.75, 3.05) is 6.61 Å². The van der Waals surface area contributed by atoms with Crippen molar-refractivity contribution in [3.8, 4) is 11.4 Å². The summed E-state index contributed by atoms with van der Waals surface area (Å²) in [4.78, 5) is 16.0. The van der Waals surface area contributed by atoms with Gasteiger partial charge in [0.05, 0.1) is 11.7 Å². The van der Waals surface area contributed by atoms with Crippen LogP contribution in [0.4, 0.5) is 0 Å². The Kier molecular flexibility index (Phi) is 5.45. The molecule has 2 aromatic carbocycles. The van der Waals surface area contributed by atoms with Crippen LogP contribution in [0, 0.1) is 0 Å². The monoisotopic (exact) mass is 400 g/mol. The number of nitrogens with zero attached hydrogens (tertiary/aromatic N) is 3. The summed E-state index contributed by atoms with van der Waals surface area (Å²) in [6, 6.07) is 15.0. The van der Waals surface area contributed by atoms with Gasteiger partial charge in [-0.15, -0.1) is 0 Å². The molecule has 0 fully saturated rings. The molecule has 1 N–H and O–H groups in total. The highest BCUT2D eigenvalue weighted by molar-refractivity contribution is 9.10. The molecule has 0 aliphatic heterocycles. The van der Waals surface area contributed by atoms with E-state index in [1.54, 1.807) is 11.0 Å². The number of hydrogen-bond acceptors (Lipinski definition) is 4. The van der Waals surface area contributed by atoms with E-state index in [9.17, 15) is 4.79 Å². The molecule has 0 aliphatic rings. The molecule has 0 radical (unpaired) electrons. The number of nitrogens with one attached hydrogen (secondary N) is 1. The third kappa shape index (κ3) is 4.67. The molecule has 1 heterocycles. The molecule has 3 aromatic rings. The van der Waals surface area contributed by atoms with Crippen LogP contribution in [0.15, 0.2) is 65.7 Å². The molecule has 6 nitrogen and oxygen atoms in total. The second-order valence-corrected chi connectivity index (χ2v) is 6.38. The summed E-state index contributed by atoms with van der Waals surface area (Å²) >= 11 is 3.37. The number of ether oxygens (including phenoxy) is 1. The van der Waals surface area contributed by atoms with Crippen molar-refractivity contribution in [1.29, 1.82) is 0 Å². The van der Waals surface area contributed by atoms with Crippen LogP contribution in [0.3, 0.4) is 0 Å². The van der Waals surface area contributed by atoms with E-state index in [4.69, 9.17) is 4.74 Å². The summed E-state index contributed by atoms with van der Waals surface area (Å²) < 4.78 is 8.08. The minimum atomic E-state index is -0.173. The highest BCUT2D eigenvalue weighted by Gasteiger charge is 2.10. The van der Waals surface area contributed by atoms with Gasteiger partial charge in [0.1, 0.15) is 18.4 Å². The van der Waals surface area contributed by atoms with Gasteiger partial charge >= 0.3 is 0 Å². The van der Waals surface area contributed by atoms with Crippen molar-refractivity contribution in [3.05, 3.63) is 71.2 Å². The largest absolute Gasteiger partial charge is 0.484 e. The standard InChI is InChI=1S/C18H17BrN4O2/c1-13(14-5-7-16(8-6-14)23-12-20-11-21-23)22-18(24)10-25-17-4-2-3-15(19)9-17/h2-9,11-13H,10H2,1H3,(H,22,24)/t13-/m0/s1. The average molecular weight is 401 g/mol. The van der Waals surface area contributed by atoms with Crippen LogP contribution in [0.25, 0.3) is 5.69 Å². The fraction of sp³-hybridized carbons (Fsp3) is 0.167. The van der Waals surface area contributed by atoms with Crippen LogP contribution in [-0.2, 0) is 4.79 Å². The van der Waals surface area contributed by atoms with Crippen LogP contribution >= 0.6 is 15.9 Å². The van der Waals surface area contributed by atoms with Crippen LogP contribution in [0.1, 0.15) is 18.5 Å². The Labute approximate surface area is 154 Å². The molecule has 1 aromatic heterocycles. The molecule has 3 rings (SSSR count). The summed E-state index contributed by atoms with van der Waals surface area (Å²) in [7, 11) is 0. The zero-order valence-electron chi connectivity index (χ0n) is 13.6. The van der Waals surface area contributed by atoms with E-state index in [1.165, 1.54) is 6.33 Å². The topological polar surface area (TPSA) is 69.0 Å². The Hall–Kier alpha value is -2.67. The predicted molar refractivity (Wildman–Crippen MR) is 97.6 cm³/mol. The van der Waals surface area contributed by atoms with E-state index >= 15 is 0 Å². The molecule has 0 unspecified atom stereocenters. The van der Waals surface area contributed by atoms with E-state index in [2.05, 4.69) is 31.3 Å². The number of hydrogen-bond donors (Lipinski definition) is 1. The molecular formula is C18H17BrN4O2. The summed E-state index contributed by atoms with van der Waals surface area (Å²) in [5, 5.41) is 7.01. The third-order valence-electron chi connectivity index (χ3n) is 3.62. The quantitative estimate of drug-likeness (QED) is 0.689. The normalized spacial score (nSPS) is 11.8. The molecule has 0 aliphatic carbocycles. The van der Waals surface area contributed by atoms with Crippen molar-refractivity contribution in [2.24, 2.45) is 0 Å². The Bertz CT molecular complexity index is 835. The summed E-state index contributed by atoms with van der Waals surface area (Å²) in [6.45, 7) is 1.90. The first kappa shape index (κ1) is 17.2. The zero-order chi connectivity index (χ0) is 17.6. The number of amides is 1. The van der Waals surface area contributed by atoms with Crippen molar-refractivity contribution < 1.29 is 9.53 Å². The van der Waals surface area contributed by atoms with Gasteiger partial charge in [0.25, 0.3) is 5.91 Å². The lowest BCUT2D eigenvalue weighted by molar-refractivity contribution is -0.123. The van der Waals surface area contributed by atoms with Crippen LogP contribution in [0.5, 0.6) is 5.75 Å². The molecule has 0 bridgehead atoms. The molecule has 0 spiro atoms. The maximum absolute atomic E-state index is 12.1. The number of carbonyl (C=O) groups excluding carboxylic acids is 1. The Morgan fingerprint density at radius 3 is 2.76 bits per heavy atom. The Balaban J connectivity index is 1.54. The van der Waals surface area contributed by atoms with Crippen LogP contribution < -0.4 is 10.1 Å². The highest BCUT2D eigenvalue weighted by Crippen LogP contribution is 2.18. The second kappa shape index (κ2) is 7.94. The van der Waals surface area contributed by atoms with Crippen molar-refractivity contribution in [1.82, 2.24) is 20.1 Å². The van der Waals surface area contributed by atoms with E-state index in [-0.39, 0.29) is 18.6 Å². The van der Waals surface area contributed by atoms with E-state index in [0.717, 1.165) is 15.7 Å². The zero-order valence-corrected chi connectivity index (χ0v) is 15.2. The first-order valence-electron chi connectivity index (χ1n) is 7.74. The van der Waals surface area contributed by atoms with Gasteiger partial charge in [-0.25, -0.2) is 9.67 Å². The molecule has 128 valence electrons. The van der Waals surface area contributed by atoms with Gasteiger partial charge in [-0.1, -0.05) is 34.1 Å². The molecule has 7 heteroatoms. The fourth-order valence-corrected chi connectivity index (χ4v) is 2.71. The van der Waals surface area contributed by atoms with Gasteiger partial charge in [0, 0.05) is 4.47 Å². The number of halogens is 1. The predicted octanol–water partition coefficient (Wildman–Crippen LogP) is 3.29. The first-order valence-corrected chi connectivity index (χ1v) is 8.54. The average Bonchev–Trinajstić information content (AvgIpc) is 3.15. The lowest BCUT2D eigenvalue weighted by Crippen LogP contribution is -2.31. The number of benzene rings is 2. The van der Waals surface area contributed by atoms with Crippen molar-refractivity contribution in [3.63, 3.8) is 0 Å². The number of aromatic nitrogens is 3. The molecule has 25 heavy (non-hydrogen) atoms. The molecule has 0 saturated carbocycles.